The minimum Gasteiger partial charge on any atom is -0.454 e. The van der Waals surface area contributed by atoms with Crippen molar-refractivity contribution in [3.8, 4) is 45.5 Å². The number of nitrogens with one attached hydrogen (secondary N) is 2. The molecule has 9 nitrogen and oxygen atoms in total. The van der Waals surface area contributed by atoms with Crippen molar-refractivity contribution in [3.05, 3.63) is 72.3 Å². The Hall–Kier alpha value is -4.79. The fraction of sp³-hybridized carbons (Fsp3) is 0.207. The van der Waals surface area contributed by atoms with Crippen molar-refractivity contribution in [3.63, 3.8) is 0 Å². The second kappa shape index (κ2) is 10.3. The second-order valence-electron chi connectivity index (χ2n) is 9.27. The number of benzene rings is 3. The van der Waals surface area contributed by atoms with E-state index < -0.39 is 5.97 Å². The molecule has 38 heavy (non-hydrogen) atoms. The lowest BCUT2D eigenvalue weighted by Gasteiger charge is -2.12. The van der Waals surface area contributed by atoms with Gasteiger partial charge in [-0.15, -0.1) is 0 Å². The van der Waals surface area contributed by atoms with Gasteiger partial charge in [0.25, 0.3) is 0 Å². The Balaban J connectivity index is 1.66. The third kappa shape index (κ3) is 5.17. The summed E-state index contributed by atoms with van der Waals surface area (Å²) in [6.07, 6.45) is 0. The first-order valence-corrected chi connectivity index (χ1v) is 12.2. The maximum Gasteiger partial charge on any atom is 0.319 e. The van der Waals surface area contributed by atoms with Crippen LogP contribution in [0.4, 0.5) is 10.5 Å². The zero-order valence-corrected chi connectivity index (χ0v) is 21.6. The molecule has 0 fully saturated rings. The number of carbonyl (C=O) groups is 2. The van der Waals surface area contributed by atoms with Gasteiger partial charge in [-0.3, -0.25) is 4.79 Å². The minimum absolute atomic E-state index is 0.0114. The maximum absolute atomic E-state index is 12.3. The van der Waals surface area contributed by atoms with Crippen LogP contribution in [0.5, 0.6) is 17.4 Å². The predicted octanol–water partition coefficient (Wildman–Crippen LogP) is 5.70. The molecule has 1 aliphatic rings. The van der Waals surface area contributed by atoms with Gasteiger partial charge in [-0.1, -0.05) is 24.3 Å². The van der Waals surface area contributed by atoms with Gasteiger partial charge < -0.3 is 24.8 Å². The Kier molecular flexibility index (Phi) is 6.74. The third-order valence-electron chi connectivity index (χ3n) is 5.83. The average Bonchev–Trinajstić information content (AvgIpc) is 3.48. The van der Waals surface area contributed by atoms with Crippen LogP contribution in [0.1, 0.15) is 26.3 Å². The van der Waals surface area contributed by atoms with Gasteiger partial charge in [0.2, 0.25) is 12.7 Å². The lowest BCUT2D eigenvalue weighted by Crippen LogP contribution is -2.34. The molecule has 2 amide bonds. The van der Waals surface area contributed by atoms with Gasteiger partial charge in [0.05, 0.1) is 11.3 Å². The summed E-state index contributed by atoms with van der Waals surface area (Å²) >= 11 is 0. The molecule has 5 rings (SSSR count). The molecule has 0 bridgehead atoms. The second-order valence-corrected chi connectivity index (χ2v) is 9.27. The number of aryl methyl sites for hydroxylation is 1. The van der Waals surface area contributed by atoms with Gasteiger partial charge in [-0.2, -0.15) is 9.78 Å². The third-order valence-corrected chi connectivity index (χ3v) is 5.83. The number of hydrogen-bond acceptors (Lipinski definition) is 6. The molecule has 0 saturated heterocycles. The zero-order chi connectivity index (χ0) is 26.8. The predicted molar refractivity (Wildman–Crippen MR) is 144 cm³/mol. The number of fused-ring (bicyclic) bond motifs is 1. The molecule has 1 aliphatic heterocycles. The van der Waals surface area contributed by atoms with Crippen molar-refractivity contribution in [1.82, 2.24) is 15.1 Å². The first-order valence-electron chi connectivity index (χ1n) is 12.2. The quantitative estimate of drug-likeness (QED) is 0.321. The van der Waals surface area contributed by atoms with Gasteiger partial charge >= 0.3 is 12.0 Å². The maximum atomic E-state index is 12.3. The van der Waals surface area contributed by atoms with Crippen LogP contribution in [0.25, 0.3) is 28.1 Å². The van der Waals surface area contributed by atoms with E-state index >= 15 is 0 Å². The van der Waals surface area contributed by atoms with Crippen LogP contribution in [0.15, 0.2) is 66.7 Å². The highest BCUT2D eigenvalue weighted by Crippen LogP contribution is 2.44. The summed E-state index contributed by atoms with van der Waals surface area (Å²) in [5.41, 5.74) is 5.14. The van der Waals surface area contributed by atoms with E-state index in [9.17, 15) is 9.59 Å². The molecule has 0 radical (unpaired) electrons. The van der Waals surface area contributed by atoms with Crippen LogP contribution in [0.3, 0.4) is 0 Å². The molecule has 4 aromatic rings. The summed E-state index contributed by atoms with van der Waals surface area (Å²) in [5.74, 6) is 1.09. The smallest absolute Gasteiger partial charge is 0.319 e. The van der Waals surface area contributed by atoms with Crippen LogP contribution in [-0.2, 0) is 4.79 Å². The van der Waals surface area contributed by atoms with Crippen molar-refractivity contribution < 1.29 is 23.8 Å². The fourth-order valence-electron chi connectivity index (χ4n) is 4.22. The number of nitrogens with zero attached hydrogens (tertiary/aromatic N) is 2. The molecule has 194 valence electrons. The first-order chi connectivity index (χ1) is 18.3. The Bertz CT molecular complexity index is 1510. The van der Waals surface area contributed by atoms with Crippen molar-refractivity contribution in [1.29, 1.82) is 0 Å². The summed E-state index contributed by atoms with van der Waals surface area (Å²) in [6.45, 7) is 7.28. The lowest BCUT2D eigenvalue weighted by molar-refractivity contribution is -0.132. The largest absolute Gasteiger partial charge is 0.454 e. The standard InChI is InChI=1S/C29H28N4O5/c1-17(2)30-29(35)31-22-11-8-20(9-12-22)26-27(21-10-13-24-25(15-21)37-16-36-24)32-33(28(26)38-19(4)34)23-7-5-6-18(3)14-23/h5-15,17H,16H2,1-4H3,(H2,30,31,35). The van der Waals surface area contributed by atoms with E-state index in [4.69, 9.17) is 19.3 Å². The summed E-state index contributed by atoms with van der Waals surface area (Å²) in [7, 11) is 0. The number of urea groups is 1. The molecule has 1 aromatic heterocycles. The monoisotopic (exact) mass is 512 g/mol. The fourth-order valence-corrected chi connectivity index (χ4v) is 4.22. The van der Waals surface area contributed by atoms with E-state index in [2.05, 4.69) is 10.6 Å². The van der Waals surface area contributed by atoms with E-state index in [1.54, 1.807) is 16.8 Å². The van der Waals surface area contributed by atoms with E-state index in [1.165, 1.54) is 6.92 Å². The number of esters is 1. The van der Waals surface area contributed by atoms with Gasteiger partial charge in [0, 0.05) is 24.2 Å². The highest BCUT2D eigenvalue weighted by atomic mass is 16.7. The number of amides is 2. The van der Waals surface area contributed by atoms with E-state index in [0.29, 0.717) is 28.4 Å². The van der Waals surface area contributed by atoms with Crippen molar-refractivity contribution in [2.24, 2.45) is 0 Å². The van der Waals surface area contributed by atoms with Gasteiger partial charge in [-0.05, 0) is 74.4 Å². The number of aromatic nitrogens is 2. The van der Waals surface area contributed by atoms with Gasteiger partial charge in [-0.25, -0.2) is 4.79 Å². The SMILES string of the molecule is CC(=O)Oc1c(-c2ccc(NC(=O)NC(C)C)cc2)c(-c2ccc3c(c2)OCO3)nn1-c1cccc(C)c1. The van der Waals surface area contributed by atoms with Crippen LogP contribution in [-0.4, -0.2) is 34.6 Å². The molecular weight excluding hydrogens is 484 g/mol. The van der Waals surface area contributed by atoms with E-state index in [-0.39, 0.29) is 24.7 Å². The lowest BCUT2D eigenvalue weighted by atomic mass is 10.0. The van der Waals surface area contributed by atoms with Gasteiger partial charge in [0.1, 0.15) is 5.69 Å². The molecule has 0 saturated carbocycles. The van der Waals surface area contributed by atoms with Crippen LogP contribution in [0, 0.1) is 6.92 Å². The van der Waals surface area contributed by atoms with Crippen molar-refractivity contribution in [2.45, 2.75) is 33.7 Å². The summed E-state index contributed by atoms with van der Waals surface area (Å²) < 4.78 is 18.5. The molecule has 0 unspecified atom stereocenters. The van der Waals surface area contributed by atoms with Crippen molar-refractivity contribution >= 4 is 17.7 Å². The highest BCUT2D eigenvalue weighted by Gasteiger charge is 2.26. The Labute approximate surface area is 220 Å². The number of carbonyl (C=O) groups excluding carboxylic acids is 2. The topological polar surface area (TPSA) is 104 Å². The Morgan fingerprint density at radius 1 is 0.974 bits per heavy atom. The molecule has 0 spiro atoms. The number of anilines is 1. The number of ether oxygens (including phenoxy) is 3. The summed E-state index contributed by atoms with van der Waals surface area (Å²) in [4.78, 5) is 24.4. The molecule has 0 atom stereocenters. The molecule has 3 aromatic carbocycles. The first kappa shape index (κ1) is 24.9. The zero-order valence-electron chi connectivity index (χ0n) is 21.6. The van der Waals surface area contributed by atoms with Crippen LogP contribution >= 0.6 is 0 Å². The van der Waals surface area contributed by atoms with Crippen LogP contribution in [0.2, 0.25) is 0 Å². The normalized spacial score (nSPS) is 11.9. The number of hydrogen-bond donors (Lipinski definition) is 2. The summed E-state index contributed by atoms with van der Waals surface area (Å²) in [5, 5.41) is 10.5. The Morgan fingerprint density at radius 2 is 1.71 bits per heavy atom. The Morgan fingerprint density at radius 3 is 2.42 bits per heavy atom. The number of rotatable bonds is 6. The average molecular weight is 513 g/mol. The summed E-state index contributed by atoms with van der Waals surface area (Å²) in [6, 6.07) is 20.4. The van der Waals surface area contributed by atoms with Crippen LogP contribution < -0.4 is 24.8 Å². The molecule has 9 heteroatoms. The highest BCUT2D eigenvalue weighted by molar-refractivity contribution is 5.91. The molecule has 0 aliphatic carbocycles. The molecular formula is C29H28N4O5. The van der Waals surface area contributed by atoms with E-state index in [1.807, 2.05) is 75.4 Å². The molecule has 2 N–H and O–H groups in total. The van der Waals surface area contributed by atoms with Gasteiger partial charge in [0.15, 0.2) is 11.5 Å². The van der Waals surface area contributed by atoms with Crippen molar-refractivity contribution in [2.75, 3.05) is 12.1 Å². The molecule has 2 heterocycles. The minimum atomic E-state index is -0.471. The van der Waals surface area contributed by atoms with E-state index in [0.717, 1.165) is 22.4 Å².